The molecule has 1 spiro atoms. The second-order valence-electron chi connectivity index (χ2n) is 23.2. The fraction of sp³-hybridized carbons (Fsp3) is 0.0649. The van der Waals surface area contributed by atoms with Gasteiger partial charge in [0.2, 0.25) is 0 Å². The fourth-order valence-electron chi connectivity index (χ4n) is 14.1. The highest BCUT2D eigenvalue weighted by Crippen LogP contribution is 2.63. The number of hydrogen-bond acceptors (Lipinski definition) is 2. The number of ether oxygens (including phenoxy) is 1. The maximum atomic E-state index is 6.91. The Morgan fingerprint density at radius 3 is 1.68 bits per heavy atom. The molecule has 1 aliphatic heterocycles. The van der Waals surface area contributed by atoms with E-state index in [2.05, 4.69) is 290 Å². The maximum Gasteiger partial charge on any atom is 0.269 e. The molecule has 0 radical (unpaired) electrons. The summed E-state index contributed by atoms with van der Waals surface area (Å²) in [4.78, 5) is 4.93. The molecule has 0 atom stereocenters. The molecule has 17 rings (SSSR count). The van der Waals surface area contributed by atoms with Gasteiger partial charge in [-0.2, -0.15) is 0 Å². The fourth-order valence-corrected chi connectivity index (χ4v) is 14.1. The van der Waals surface area contributed by atoms with Gasteiger partial charge in [-0.15, -0.1) is 0 Å². The van der Waals surface area contributed by atoms with Gasteiger partial charge in [-0.05, 0) is 161 Å². The maximum absolute atomic E-state index is 6.91. The van der Waals surface area contributed by atoms with Crippen LogP contribution in [0, 0.1) is 6.33 Å². The Morgan fingerprint density at radius 1 is 0.415 bits per heavy atom. The van der Waals surface area contributed by atoms with E-state index in [0.717, 1.165) is 78.4 Å². The van der Waals surface area contributed by atoms with Gasteiger partial charge in [0, 0.05) is 23.0 Å². The van der Waals surface area contributed by atoms with Crippen molar-refractivity contribution < 1.29 is 9.30 Å². The summed E-state index contributed by atoms with van der Waals surface area (Å²) in [6.07, 6.45) is 5.91. The zero-order chi connectivity index (χ0) is 54.4. The van der Waals surface area contributed by atoms with Crippen LogP contribution in [0.3, 0.4) is 0 Å². The minimum atomic E-state index is -0.405. The van der Waals surface area contributed by atoms with Crippen molar-refractivity contribution in [1.82, 2.24) is 14.1 Å². The summed E-state index contributed by atoms with van der Waals surface area (Å²) in [6, 6.07) is 93.5. The molecule has 3 aliphatic rings. The summed E-state index contributed by atoms with van der Waals surface area (Å²) in [5.41, 5.74) is 26.8. The summed E-state index contributed by atoms with van der Waals surface area (Å²) in [5.74, 6) is 2.34. The van der Waals surface area contributed by atoms with Gasteiger partial charge >= 0.3 is 0 Å². The molecule has 82 heavy (non-hydrogen) atoms. The Labute approximate surface area is 475 Å². The summed E-state index contributed by atoms with van der Waals surface area (Å²) in [6.45, 7) is 6.73. The zero-order valence-electron chi connectivity index (χ0n) is 45.5. The van der Waals surface area contributed by atoms with Crippen molar-refractivity contribution in [2.75, 3.05) is 0 Å². The van der Waals surface area contributed by atoms with Crippen molar-refractivity contribution in [3.8, 4) is 95.5 Å². The standard InChI is InChI=1S/C77H52N4O/c1-76(2,3)50-40-41-78-74(44-50)81-70-32-15-11-27-61(70)63-38-36-53(46-73(63)81)82-52-19-16-18-51(45-52)79-47-80-72-43-49(34-37-62(72)56-22-6-4-20-54(56)55-21-5-7-23-57(55)64-28-17-33-71(79)75(64)80)48-35-39-69-65(42-48)60-26-10-14-31-68(60)77(69)66-29-12-8-24-58(66)59-25-9-13-30-67(59)77/h4-46H,1-3H3. The van der Waals surface area contributed by atoms with Gasteiger partial charge in [0.15, 0.2) is 0 Å². The van der Waals surface area contributed by atoms with E-state index in [9.17, 15) is 0 Å². The van der Waals surface area contributed by atoms with Crippen LogP contribution in [0.15, 0.2) is 261 Å². The van der Waals surface area contributed by atoms with Gasteiger partial charge < -0.3 is 4.74 Å². The molecule has 0 saturated carbocycles. The molecule has 11 aromatic carbocycles. The highest BCUT2D eigenvalue weighted by atomic mass is 16.5. The molecule has 5 nitrogen and oxygen atoms in total. The van der Waals surface area contributed by atoms with Gasteiger partial charge in [-0.25, -0.2) is 4.98 Å². The summed E-state index contributed by atoms with van der Waals surface area (Å²) < 4.78 is 13.7. The summed E-state index contributed by atoms with van der Waals surface area (Å²) in [7, 11) is 0. The van der Waals surface area contributed by atoms with Crippen molar-refractivity contribution in [2.24, 2.45) is 0 Å². The Kier molecular flexibility index (Phi) is 9.83. The molecule has 4 heterocycles. The molecule has 0 unspecified atom stereocenters. The van der Waals surface area contributed by atoms with E-state index in [-0.39, 0.29) is 5.41 Å². The van der Waals surface area contributed by atoms with E-state index in [1.54, 1.807) is 0 Å². The first-order chi connectivity index (χ1) is 40.3. The smallest absolute Gasteiger partial charge is 0.269 e. The number of aromatic nitrogens is 4. The van der Waals surface area contributed by atoms with Crippen LogP contribution in [0.5, 0.6) is 11.5 Å². The van der Waals surface area contributed by atoms with Crippen LogP contribution in [-0.2, 0) is 10.8 Å². The molecular weight excluding hydrogens is 997 g/mol. The van der Waals surface area contributed by atoms with E-state index < -0.39 is 5.41 Å². The first-order valence-electron chi connectivity index (χ1n) is 28.3. The van der Waals surface area contributed by atoms with Crippen molar-refractivity contribution in [2.45, 2.75) is 31.6 Å². The third-order valence-electron chi connectivity index (χ3n) is 17.8. The van der Waals surface area contributed by atoms with Gasteiger partial charge in [0.25, 0.3) is 6.33 Å². The molecule has 0 saturated heterocycles. The van der Waals surface area contributed by atoms with Gasteiger partial charge in [0.1, 0.15) is 17.3 Å². The third kappa shape index (κ3) is 6.62. The van der Waals surface area contributed by atoms with Crippen molar-refractivity contribution in [3.05, 3.63) is 295 Å². The third-order valence-corrected chi connectivity index (χ3v) is 17.8. The normalized spacial score (nSPS) is 13.2. The first-order valence-corrected chi connectivity index (χ1v) is 28.3. The predicted octanol–water partition coefficient (Wildman–Crippen LogP) is 18.6. The van der Waals surface area contributed by atoms with Gasteiger partial charge in [-0.1, -0.05) is 209 Å². The highest BCUT2D eigenvalue weighted by molar-refractivity contribution is 6.09. The van der Waals surface area contributed by atoms with Crippen molar-refractivity contribution in [1.29, 1.82) is 0 Å². The minimum absolute atomic E-state index is 0.0320. The molecule has 0 N–H and O–H groups in total. The van der Waals surface area contributed by atoms with Crippen LogP contribution < -0.4 is 9.30 Å². The van der Waals surface area contributed by atoms with Crippen molar-refractivity contribution >= 4 is 32.8 Å². The highest BCUT2D eigenvalue weighted by Gasteiger charge is 2.51. The Morgan fingerprint density at radius 2 is 0.963 bits per heavy atom. The lowest BCUT2D eigenvalue weighted by molar-refractivity contribution is -0.571. The van der Waals surface area contributed by atoms with Crippen LogP contribution in [0.4, 0.5) is 0 Å². The predicted molar refractivity (Wildman–Crippen MR) is 333 cm³/mol. The average Bonchev–Trinajstić information content (AvgIpc) is 2.36. The molecular formula is C77H52N4O. The Hall–Kier alpha value is -10.4. The number of rotatable bonds is 5. The second kappa shape index (κ2) is 17.3. The van der Waals surface area contributed by atoms with Crippen LogP contribution in [0.1, 0.15) is 48.6 Å². The lowest BCUT2D eigenvalue weighted by Gasteiger charge is -2.30. The molecule has 386 valence electrons. The number of benzene rings is 11. The summed E-state index contributed by atoms with van der Waals surface area (Å²) >= 11 is 0. The SMILES string of the molecule is CC(C)(C)c1ccnc(-n2c3ccccc3c3ccc(Oc4cccc(-n5[c-][n+]6c7c(cccc75)-c5ccccc5-c5ccccc5-c5ccc(-c7ccc8c(c7)-c7ccccc7C87c8ccccc8-c8ccccc87)cc5-6)c4)cc32)c1. The van der Waals surface area contributed by atoms with E-state index in [0.29, 0.717) is 0 Å². The number of pyridine rings is 1. The Balaban J connectivity index is 0.827. The molecule has 2 aliphatic carbocycles. The quantitative estimate of drug-likeness (QED) is 0.127. The molecule has 0 fully saturated rings. The largest absolute Gasteiger partial charge is 0.458 e. The average molecular weight is 1050 g/mol. The lowest BCUT2D eigenvalue weighted by Crippen LogP contribution is -2.31. The van der Waals surface area contributed by atoms with Crippen LogP contribution in [0.25, 0.3) is 117 Å². The molecule has 14 aromatic rings. The minimum Gasteiger partial charge on any atom is -0.458 e. The number of para-hydroxylation sites is 2. The number of nitrogens with zero attached hydrogens (tertiary/aromatic N) is 4. The van der Waals surface area contributed by atoms with E-state index in [1.807, 2.05) is 12.3 Å². The molecule has 0 amide bonds. The van der Waals surface area contributed by atoms with Crippen LogP contribution >= 0.6 is 0 Å². The van der Waals surface area contributed by atoms with E-state index in [1.165, 1.54) is 77.7 Å². The topological polar surface area (TPSA) is 35.9 Å². The van der Waals surface area contributed by atoms with E-state index >= 15 is 0 Å². The monoisotopic (exact) mass is 1050 g/mol. The molecule has 0 bridgehead atoms. The van der Waals surface area contributed by atoms with E-state index in [4.69, 9.17) is 9.72 Å². The van der Waals surface area contributed by atoms with Crippen molar-refractivity contribution in [3.63, 3.8) is 0 Å². The molecule has 5 heteroatoms. The Bertz CT molecular complexity index is 4980. The van der Waals surface area contributed by atoms with Gasteiger partial charge in [-0.3, -0.25) is 13.7 Å². The molecule has 3 aromatic heterocycles. The lowest BCUT2D eigenvalue weighted by atomic mass is 9.70. The number of imidazole rings is 1. The number of hydrogen-bond donors (Lipinski definition) is 0. The first kappa shape index (κ1) is 46.5. The van der Waals surface area contributed by atoms with Gasteiger partial charge in [0.05, 0.1) is 38.9 Å². The second-order valence-corrected chi connectivity index (χ2v) is 23.2. The van der Waals surface area contributed by atoms with Crippen LogP contribution in [-0.4, -0.2) is 14.1 Å². The zero-order valence-corrected chi connectivity index (χ0v) is 45.5. The number of fused-ring (bicyclic) bond motifs is 20. The van der Waals surface area contributed by atoms with Crippen LogP contribution in [0.2, 0.25) is 0 Å². The summed E-state index contributed by atoms with van der Waals surface area (Å²) in [5, 5.41) is 2.31.